The molecule has 1 fully saturated rings. The third kappa shape index (κ3) is 5.78. The Labute approximate surface area is 201 Å². The molecule has 1 saturated heterocycles. The molecule has 4 rings (SSSR count). The van der Waals surface area contributed by atoms with Gasteiger partial charge in [-0.2, -0.15) is 0 Å². The summed E-state index contributed by atoms with van der Waals surface area (Å²) >= 11 is 0. The Balaban J connectivity index is 0.00000272. The van der Waals surface area contributed by atoms with Crippen molar-refractivity contribution in [3.05, 3.63) is 78.4 Å². The SMILES string of the molecule is CN=C(NCc1ccccc1-n1ccnc1)NC(C)c1cccc(N2CCCC2)c1.I. The van der Waals surface area contributed by atoms with Gasteiger partial charge in [-0.3, -0.25) is 4.99 Å². The molecule has 3 aromatic rings. The molecule has 2 aromatic carbocycles. The molecule has 0 radical (unpaired) electrons. The number of nitrogens with zero attached hydrogens (tertiary/aromatic N) is 4. The lowest BCUT2D eigenvalue weighted by molar-refractivity contribution is 0.684. The van der Waals surface area contributed by atoms with Crippen LogP contribution in [0.4, 0.5) is 5.69 Å². The lowest BCUT2D eigenvalue weighted by atomic mass is 10.1. The summed E-state index contributed by atoms with van der Waals surface area (Å²) < 4.78 is 2.03. The van der Waals surface area contributed by atoms with E-state index in [4.69, 9.17) is 0 Å². The van der Waals surface area contributed by atoms with Crippen molar-refractivity contribution in [2.45, 2.75) is 32.4 Å². The van der Waals surface area contributed by atoms with Crippen LogP contribution in [-0.4, -0.2) is 35.6 Å². The van der Waals surface area contributed by atoms with Gasteiger partial charge in [-0.05, 0) is 49.1 Å². The van der Waals surface area contributed by atoms with Crippen LogP contribution in [0.15, 0.2) is 72.2 Å². The third-order valence-corrected chi connectivity index (χ3v) is 5.64. The molecule has 6 nitrogen and oxygen atoms in total. The third-order valence-electron chi connectivity index (χ3n) is 5.64. The van der Waals surface area contributed by atoms with E-state index in [2.05, 4.69) is 74.9 Å². The van der Waals surface area contributed by atoms with Gasteiger partial charge in [-0.1, -0.05) is 30.3 Å². The summed E-state index contributed by atoms with van der Waals surface area (Å²) in [5, 5.41) is 6.98. The van der Waals surface area contributed by atoms with Gasteiger partial charge in [0, 0.05) is 44.8 Å². The highest BCUT2D eigenvalue weighted by molar-refractivity contribution is 14.0. The zero-order valence-corrected chi connectivity index (χ0v) is 20.5. The first-order valence-electron chi connectivity index (χ1n) is 10.6. The van der Waals surface area contributed by atoms with E-state index in [0.717, 1.165) is 24.7 Å². The van der Waals surface area contributed by atoms with Crippen molar-refractivity contribution in [1.82, 2.24) is 20.2 Å². The molecule has 0 bridgehead atoms. The minimum atomic E-state index is 0. The van der Waals surface area contributed by atoms with Crippen LogP contribution < -0.4 is 15.5 Å². The van der Waals surface area contributed by atoms with Crippen LogP contribution in [0.1, 0.15) is 36.9 Å². The fraction of sp³-hybridized carbons (Fsp3) is 0.333. The number of aromatic nitrogens is 2. The zero-order chi connectivity index (χ0) is 20.8. The minimum Gasteiger partial charge on any atom is -0.372 e. The first kappa shape index (κ1) is 23.1. The molecule has 7 heteroatoms. The van der Waals surface area contributed by atoms with Gasteiger partial charge in [0.15, 0.2) is 5.96 Å². The van der Waals surface area contributed by atoms with Crippen molar-refractivity contribution in [2.75, 3.05) is 25.0 Å². The molecule has 0 spiro atoms. The first-order valence-corrected chi connectivity index (χ1v) is 10.6. The predicted octanol–water partition coefficient (Wildman–Crippen LogP) is 4.52. The van der Waals surface area contributed by atoms with Gasteiger partial charge in [0.2, 0.25) is 0 Å². The lowest BCUT2D eigenvalue weighted by Gasteiger charge is -2.22. The van der Waals surface area contributed by atoms with Gasteiger partial charge in [0.25, 0.3) is 0 Å². The zero-order valence-electron chi connectivity index (χ0n) is 18.2. The molecule has 1 unspecified atom stereocenters. The molecule has 0 aliphatic carbocycles. The van der Waals surface area contributed by atoms with Gasteiger partial charge in [0.05, 0.1) is 18.1 Å². The molecule has 0 saturated carbocycles. The quantitative estimate of drug-likeness (QED) is 0.280. The largest absolute Gasteiger partial charge is 0.372 e. The van der Waals surface area contributed by atoms with Gasteiger partial charge >= 0.3 is 0 Å². The number of guanidine groups is 1. The van der Waals surface area contributed by atoms with Crippen LogP contribution >= 0.6 is 24.0 Å². The molecule has 0 amide bonds. The standard InChI is InChI=1S/C24H30N6.HI/c1-19(20-9-7-10-22(16-20)29-13-5-6-14-29)28-24(25-2)27-17-21-8-3-4-11-23(21)30-15-12-26-18-30;/h3-4,7-12,15-16,18-19H,5-6,13-14,17H2,1-2H3,(H2,25,27,28);1H. The summed E-state index contributed by atoms with van der Waals surface area (Å²) in [6.07, 6.45) is 8.15. The maximum atomic E-state index is 4.43. The highest BCUT2D eigenvalue weighted by Crippen LogP contribution is 2.24. The molecule has 1 aliphatic heterocycles. The number of para-hydroxylation sites is 1. The number of hydrogen-bond donors (Lipinski definition) is 2. The molecule has 31 heavy (non-hydrogen) atoms. The molecule has 1 atom stereocenters. The Bertz CT molecular complexity index is 979. The average Bonchev–Trinajstić information content (AvgIpc) is 3.51. The highest BCUT2D eigenvalue weighted by Gasteiger charge is 2.14. The molecular weight excluding hydrogens is 499 g/mol. The number of hydrogen-bond acceptors (Lipinski definition) is 3. The van der Waals surface area contributed by atoms with E-state index < -0.39 is 0 Å². The molecular formula is C24H31IN6. The molecule has 2 heterocycles. The first-order chi connectivity index (χ1) is 14.7. The van der Waals surface area contributed by atoms with Crippen molar-refractivity contribution >= 4 is 35.6 Å². The van der Waals surface area contributed by atoms with Crippen molar-refractivity contribution in [3.63, 3.8) is 0 Å². The van der Waals surface area contributed by atoms with E-state index in [0.29, 0.717) is 6.54 Å². The summed E-state index contributed by atoms with van der Waals surface area (Å²) in [6.45, 7) is 5.17. The van der Waals surface area contributed by atoms with Crippen molar-refractivity contribution in [1.29, 1.82) is 0 Å². The molecule has 1 aromatic heterocycles. The average molecular weight is 530 g/mol. The summed E-state index contributed by atoms with van der Waals surface area (Å²) in [5.41, 5.74) is 4.88. The number of nitrogens with one attached hydrogen (secondary N) is 2. The topological polar surface area (TPSA) is 57.5 Å². The van der Waals surface area contributed by atoms with Crippen molar-refractivity contribution in [3.8, 4) is 5.69 Å². The van der Waals surface area contributed by atoms with Crippen LogP contribution in [-0.2, 0) is 6.54 Å². The Morgan fingerprint density at radius 3 is 2.68 bits per heavy atom. The predicted molar refractivity (Wildman–Crippen MR) is 139 cm³/mol. The molecule has 1 aliphatic rings. The van der Waals surface area contributed by atoms with Crippen LogP contribution in [0, 0.1) is 0 Å². The van der Waals surface area contributed by atoms with Crippen molar-refractivity contribution < 1.29 is 0 Å². The number of halogens is 1. The van der Waals surface area contributed by atoms with Gasteiger partial charge < -0.3 is 20.1 Å². The number of anilines is 1. The van der Waals surface area contributed by atoms with E-state index >= 15 is 0 Å². The van der Waals surface area contributed by atoms with Crippen LogP contribution in [0.5, 0.6) is 0 Å². The Morgan fingerprint density at radius 2 is 1.94 bits per heavy atom. The van der Waals surface area contributed by atoms with E-state index in [1.807, 2.05) is 30.2 Å². The smallest absolute Gasteiger partial charge is 0.191 e. The Morgan fingerprint density at radius 1 is 1.13 bits per heavy atom. The van der Waals surface area contributed by atoms with E-state index in [1.54, 1.807) is 6.20 Å². The van der Waals surface area contributed by atoms with E-state index in [-0.39, 0.29) is 30.0 Å². The second-order valence-corrected chi connectivity index (χ2v) is 7.68. The summed E-state index contributed by atoms with van der Waals surface area (Å²) in [7, 11) is 1.81. The fourth-order valence-corrected chi connectivity index (χ4v) is 3.94. The van der Waals surface area contributed by atoms with Gasteiger partial charge in [0.1, 0.15) is 0 Å². The summed E-state index contributed by atoms with van der Waals surface area (Å²) in [4.78, 5) is 11.1. The summed E-state index contributed by atoms with van der Waals surface area (Å²) in [5.74, 6) is 0.787. The minimum absolute atomic E-state index is 0. The highest BCUT2D eigenvalue weighted by atomic mass is 127. The monoisotopic (exact) mass is 530 g/mol. The maximum Gasteiger partial charge on any atom is 0.191 e. The lowest BCUT2D eigenvalue weighted by Crippen LogP contribution is -2.38. The van der Waals surface area contributed by atoms with Gasteiger partial charge in [-0.25, -0.2) is 4.98 Å². The second kappa shape index (κ2) is 11.2. The maximum absolute atomic E-state index is 4.43. The fourth-order valence-electron chi connectivity index (χ4n) is 3.94. The second-order valence-electron chi connectivity index (χ2n) is 7.68. The normalized spacial score (nSPS) is 14.8. The van der Waals surface area contributed by atoms with E-state index in [1.165, 1.54) is 29.7 Å². The molecule has 164 valence electrons. The van der Waals surface area contributed by atoms with Crippen LogP contribution in [0.25, 0.3) is 5.69 Å². The van der Waals surface area contributed by atoms with E-state index in [9.17, 15) is 0 Å². The molecule has 2 N–H and O–H groups in total. The van der Waals surface area contributed by atoms with Crippen molar-refractivity contribution in [2.24, 2.45) is 4.99 Å². The van der Waals surface area contributed by atoms with Gasteiger partial charge in [-0.15, -0.1) is 24.0 Å². The van der Waals surface area contributed by atoms with Crippen LogP contribution in [0.3, 0.4) is 0 Å². The van der Waals surface area contributed by atoms with Crippen LogP contribution in [0.2, 0.25) is 0 Å². The Kier molecular flexibility index (Phi) is 8.34. The Hall–Kier alpha value is -2.55. The number of rotatable bonds is 6. The number of benzene rings is 2. The summed E-state index contributed by atoms with van der Waals surface area (Å²) in [6, 6.07) is 17.3. The number of imidazole rings is 1. The number of aliphatic imine (C=N–C) groups is 1.